The number of anilines is 1. The van der Waals surface area contributed by atoms with Gasteiger partial charge in [0.25, 0.3) is 0 Å². The molecule has 0 bridgehead atoms. The Hall–Kier alpha value is -3.43. The monoisotopic (exact) mass is 366 g/mol. The third-order valence-corrected chi connectivity index (χ3v) is 3.27. The number of halogens is 4. The summed E-state index contributed by atoms with van der Waals surface area (Å²) in [4.78, 5) is 14.4. The van der Waals surface area contributed by atoms with E-state index in [1.807, 2.05) is 0 Å². The zero-order chi connectivity index (χ0) is 18.7. The molecule has 26 heavy (non-hydrogen) atoms. The molecule has 3 rings (SSSR count). The van der Waals surface area contributed by atoms with Gasteiger partial charge in [-0.05, 0) is 42.5 Å². The van der Waals surface area contributed by atoms with Crippen LogP contribution in [0.4, 0.5) is 23.2 Å². The Morgan fingerprint density at radius 3 is 2.46 bits per heavy atom. The van der Waals surface area contributed by atoms with Crippen LogP contribution in [0.15, 0.2) is 48.8 Å². The molecular formula is C16H10F4N4O2. The molecule has 2 aromatic carbocycles. The van der Waals surface area contributed by atoms with Crippen LogP contribution in [0.5, 0.6) is 5.75 Å². The molecule has 0 radical (unpaired) electrons. The number of aromatic nitrogens is 3. The molecule has 0 atom stereocenters. The second-order valence-corrected chi connectivity index (χ2v) is 5.01. The minimum atomic E-state index is -4.77. The smallest absolute Gasteiger partial charge is 0.406 e. The molecular weight excluding hydrogens is 356 g/mol. The van der Waals surface area contributed by atoms with Gasteiger partial charge in [-0.25, -0.2) is 14.1 Å². The summed E-state index contributed by atoms with van der Waals surface area (Å²) in [6.07, 6.45) is -3.07. The Kier molecular flexibility index (Phi) is 4.57. The first kappa shape index (κ1) is 17.4. The molecule has 1 aromatic heterocycles. The van der Waals surface area contributed by atoms with Gasteiger partial charge in [-0.2, -0.15) is 0 Å². The largest absolute Gasteiger partial charge is 0.573 e. The standard InChI is InChI=1S/C16H10F4N4O2/c17-13-7-10(1-6-14(13)22-9-25)15-21-8-24(23-15)11-2-4-12(5-3-11)26-16(18,19)20/h1-9H,(H,22,25). The Morgan fingerprint density at radius 2 is 1.85 bits per heavy atom. The second kappa shape index (κ2) is 6.82. The first-order valence-corrected chi connectivity index (χ1v) is 7.14. The fourth-order valence-corrected chi connectivity index (χ4v) is 2.16. The number of amides is 1. The number of benzene rings is 2. The van der Waals surface area contributed by atoms with E-state index in [9.17, 15) is 22.4 Å². The van der Waals surface area contributed by atoms with E-state index in [2.05, 4.69) is 20.1 Å². The van der Waals surface area contributed by atoms with E-state index < -0.39 is 12.2 Å². The van der Waals surface area contributed by atoms with Crippen LogP contribution in [0.2, 0.25) is 0 Å². The van der Waals surface area contributed by atoms with Crippen molar-refractivity contribution in [3.8, 4) is 22.8 Å². The van der Waals surface area contributed by atoms with Crippen molar-refractivity contribution in [2.75, 3.05) is 5.32 Å². The number of ether oxygens (including phenoxy) is 1. The molecule has 134 valence electrons. The highest BCUT2D eigenvalue weighted by molar-refractivity contribution is 5.73. The number of hydrogen-bond acceptors (Lipinski definition) is 4. The zero-order valence-corrected chi connectivity index (χ0v) is 12.9. The van der Waals surface area contributed by atoms with Crippen molar-refractivity contribution < 1.29 is 27.1 Å². The molecule has 0 fully saturated rings. The number of nitrogens with zero attached hydrogens (tertiary/aromatic N) is 3. The number of carbonyl (C=O) groups excluding carboxylic acids is 1. The van der Waals surface area contributed by atoms with Crippen molar-refractivity contribution in [2.24, 2.45) is 0 Å². The van der Waals surface area contributed by atoms with Crippen LogP contribution in [0.3, 0.4) is 0 Å². The summed E-state index contributed by atoms with van der Waals surface area (Å²) in [5.74, 6) is -0.807. The molecule has 0 saturated carbocycles. The van der Waals surface area contributed by atoms with E-state index in [0.717, 1.165) is 18.2 Å². The lowest BCUT2D eigenvalue weighted by Crippen LogP contribution is -2.17. The lowest BCUT2D eigenvalue weighted by Gasteiger charge is -2.09. The fraction of sp³-hybridized carbons (Fsp3) is 0.0625. The lowest BCUT2D eigenvalue weighted by molar-refractivity contribution is -0.274. The Labute approximate surface area is 144 Å². The van der Waals surface area contributed by atoms with Gasteiger partial charge in [-0.15, -0.1) is 18.3 Å². The SMILES string of the molecule is O=CNc1ccc(-c2ncn(-c3ccc(OC(F)(F)F)cc3)n2)cc1F. The van der Waals surface area contributed by atoms with E-state index in [-0.39, 0.29) is 17.3 Å². The first-order chi connectivity index (χ1) is 12.4. The molecule has 0 aliphatic carbocycles. The van der Waals surface area contributed by atoms with Crippen LogP contribution in [-0.2, 0) is 4.79 Å². The maximum Gasteiger partial charge on any atom is 0.573 e. The van der Waals surface area contributed by atoms with Gasteiger partial charge in [0.1, 0.15) is 17.9 Å². The maximum absolute atomic E-state index is 13.8. The molecule has 0 aliphatic rings. The van der Waals surface area contributed by atoms with Crippen LogP contribution in [-0.4, -0.2) is 27.5 Å². The Morgan fingerprint density at radius 1 is 1.12 bits per heavy atom. The number of hydrogen-bond donors (Lipinski definition) is 1. The summed E-state index contributed by atoms with van der Waals surface area (Å²) in [5.41, 5.74) is 0.830. The number of alkyl halides is 3. The molecule has 6 nitrogen and oxygen atoms in total. The van der Waals surface area contributed by atoms with E-state index in [1.165, 1.54) is 35.3 Å². The molecule has 0 saturated heterocycles. The normalized spacial score (nSPS) is 11.2. The third-order valence-electron chi connectivity index (χ3n) is 3.27. The lowest BCUT2D eigenvalue weighted by atomic mass is 10.2. The van der Waals surface area contributed by atoms with Gasteiger partial charge in [0, 0.05) is 5.56 Å². The average molecular weight is 366 g/mol. The topological polar surface area (TPSA) is 69.0 Å². The summed E-state index contributed by atoms with van der Waals surface area (Å²) in [6.45, 7) is 0. The minimum Gasteiger partial charge on any atom is -0.406 e. The molecule has 10 heteroatoms. The third kappa shape index (κ3) is 3.97. The van der Waals surface area contributed by atoms with Crippen LogP contribution in [0, 0.1) is 5.82 Å². The van der Waals surface area contributed by atoms with Gasteiger partial charge < -0.3 is 10.1 Å². The van der Waals surface area contributed by atoms with Gasteiger partial charge in [-0.1, -0.05) is 0 Å². The van der Waals surface area contributed by atoms with Crippen molar-refractivity contribution in [1.82, 2.24) is 14.8 Å². The number of rotatable bonds is 5. The maximum atomic E-state index is 13.8. The molecule has 0 unspecified atom stereocenters. The van der Waals surface area contributed by atoms with Gasteiger partial charge >= 0.3 is 6.36 Å². The van der Waals surface area contributed by atoms with Crippen LogP contribution >= 0.6 is 0 Å². The molecule has 3 aromatic rings. The van der Waals surface area contributed by atoms with Crippen molar-refractivity contribution in [3.63, 3.8) is 0 Å². The zero-order valence-electron chi connectivity index (χ0n) is 12.9. The van der Waals surface area contributed by atoms with Crippen molar-refractivity contribution in [2.45, 2.75) is 6.36 Å². The van der Waals surface area contributed by atoms with E-state index >= 15 is 0 Å². The molecule has 1 amide bonds. The highest BCUT2D eigenvalue weighted by Crippen LogP contribution is 2.25. The summed E-state index contributed by atoms with van der Waals surface area (Å²) in [7, 11) is 0. The average Bonchev–Trinajstić information content (AvgIpc) is 3.06. The van der Waals surface area contributed by atoms with Gasteiger partial charge in [-0.3, -0.25) is 4.79 Å². The number of nitrogens with one attached hydrogen (secondary N) is 1. The molecule has 0 spiro atoms. The summed E-state index contributed by atoms with van der Waals surface area (Å²) >= 11 is 0. The quantitative estimate of drug-likeness (QED) is 0.554. The first-order valence-electron chi connectivity index (χ1n) is 7.14. The van der Waals surface area contributed by atoms with Gasteiger partial charge in [0.05, 0.1) is 11.4 Å². The Bertz CT molecular complexity index is 923. The summed E-state index contributed by atoms with van der Waals surface area (Å²) in [5, 5.41) is 6.37. The van der Waals surface area contributed by atoms with Crippen LogP contribution in [0.25, 0.3) is 17.1 Å². The molecule has 0 aliphatic heterocycles. The molecule has 1 N–H and O–H groups in total. The Balaban J connectivity index is 1.81. The van der Waals surface area contributed by atoms with Crippen molar-refractivity contribution in [3.05, 3.63) is 54.6 Å². The number of carbonyl (C=O) groups is 1. The van der Waals surface area contributed by atoms with E-state index in [4.69, 9.17) is 0 Å². The van der Waals surface area contributed by atoms with E-state index in [1.54, 1.807) is 0 Å². The predicted octanol–water partition coefficient (Wildman–Crippen LogP) is 3.54. The van der Waals surface area contributed by atoms with Crippen molar-refractivity contribution >= 4 is 12.1 Å². The van der Waals surface area contributed by atoms with Crippen LogP contribution < -0.4 is 10.1 Å². The highest BCUT2D eigenvalue weighted by atomic mass is 19.4. The second-order valence-electron chi connectivity index (χ2n) is 5.01. The van der Waals surface area contributed by atoms with Gasteiger partial charge in [0.2, 0.25) is 6.41 Å². The van der Waals surface area contributed by atoms with Gasteiger partial charge in [0.15, 0.2) is 5.82 Å². The fourth-order valence-electron chi connectivity index (χ4n) is 2.16. The van der Waals surface area contributed by atoms with Crippen LogP contribution in [0.1, 0.15) is 0 Å². The predicted molar refractivity (Wildman–Crippen MR) is 83.1 cm³/mol. The van der Waals surface area contributed by atoms with Crippen molar-refractivity contribution in [1.29, 1.82) is 0 Å². The van der Waals surface area contributed by atoms with E-state index in [0.29, 0.717) is 17.7 Å². The minimum absolute atomic E-state index is 0.0171. The summed E-state index contributed by atoms with van der Waals surface area (Å²) < 4.78 is 55.4. The summed E-state index contributed by atoms with van der Waals surface area (Å²) in [6, 6.07) is 9.07. The molecule has 1 heterocycles. The highest BCUT2D eigenvalue weighted by Gasteiger charge is 2.31.